The van der Waals surface area contributed by atoms with Gasteiger partial charge in [-0.25, -0.2) is 4.98 Å². The maximum absolute atomic E-state index is 5.75. The molecule has 0 bridgehead atoms. The van der Waals surface area contributed by atoms with E-state index in [-0.39, 0.29) is 6.04 Å². The van der Waals surface area contributed by atoms with Gasteiger partial charge in [0.05, 0.1) is 30.8 Å². The second kappa shape index (κ2) is 8.31. The zero-order valence-corrected chi connectivity index (χ0v) is 18.0. The minimum atomic E-state index is 0.219. The van der Waals surface area contributed by atoms with Gasteiger partial charge in [0.15, 0.2) is 0 Å². The smallest absolute Gasteiger partial charge is 0.147 e. The van der Waals surface area contributed by atoms with Crippen LogP contribution in [0.3, 0.4) is 0 Å². The summed E-state index contributed by atoms with van der Waals surface area (Å²) >= 11 is 0. The highest BCUT2D eigenvalue weighted by atomic mass is 16.5. The fraction of sp³-hybridized carbons (Fsp3) is 0.478. The van der Waals surface area contributed by atoms with E-state index < -0.39 is 0 Å². The van der Waals surface area contributed by atoms with Gasteiger partial charge in [0, 0.05) is 36.3 Å². The molecule has 3 rings (SSSR count). The highest BCUT2D eigenvalue weighted by Crippen LogP contribution is 2.36. The van der Waals surface area contributed by atoms with E-state index in [1.807, 2.05) is 0 Å². The van der Waals surface area contributed by atoms with E-state index >= 15 is 0 Å². The van der Waals surface area contributed by atoms with E-state index in [9.17, 15) is 0 Å². The number of pyridine rings is 2. The van der Waals surface area contributed by atoms with E-state index in [1.54, 1.807) is 14.2 Å². The summed E-state index contributed by atoms with van der Waals surface area (Å²) in [5.74, 6) is 1.17. The number of hydrogen-bond donors (Lipinski definition) is 0. The minimum absolute atomic E-state index is 0.219. The van der Waals surface area contributed by atoms with Crippen LogP contribution in [0.15, 0.2) is 24.4 Å². The maximum atomic E-state index is 5.75. The number of hydrogen-bond acceptors (Lipinski definition) is 4. The molecule has 0 N–H and O–H groups in total. The van der Waals surface area contributed by atoms with Crippen LogP contribution in [0.2, 0.25) is 0 Å². The van der Waals surface area contributed by atoms with Crippen LogP contribution < -0.4 is 4.74 Å². The zero-order valence-electron chi connectivity index (χ0n) is 18.0. The van der Waals surface area contributed by atoms with Crippen LogP contribution in [-0.4, -0.2) is 35.4 Å². The average molecular weight is 382 g/mol. The summed E-state index contributed by atoms with van der Waals surface area (Å²) in [6, 6.07) is 6.55. The molecule has 3 aromatic heterocycles. The molecule has 0 saturated carbocycles. The Balaban J connectivity index is 2.21. The standard InChI is InChI=1S/C23H31N3O2/c1-8-18-17(9-10-19(24-18)14(2)3)23-21(28-7)11-20-22(25-23)15(4)12-26(20)16(5)13-27-6/h9-12,14,16H,8,13H2,1-7H3. The molecule has 3 aromatic rings. The average Bonchev–Trinajstić information content (AvgIpc) is 3.02. The normalized spacial score (nSPS) is 12.7. The summed E-state index contributed by atoms with van der Waals surface area (Å²) < 4.78 is 13.3. The third-order valence-electron chi connectivity index (χ3n) is 5.23. The van der Waals surface area contributed by atoms with Crippen LogP contribution >= 0.6 is 0 Å². The lowest BCUT2D eigenvalue weighted by molar-refractivity contribution is 0.164. The van der Waals surface area contributed by atoms with Crippen molar-refractivity contribution in [1.82, 2.24) is 14.5 Å². The van der Waals surface area contributed by atoms with Crippen molar-refractivity contribution in [2.45, 2.75) is 53.0 Å². The van der Waals surface area contributed by atoms with Crippen molar-refractivity contribution in [3.8, 4) is 17.0 Å². The molecule has 0 saturated heterocycles. The molecule has 0 aromatic carbocycles. The summed E-state index contributed by atoms with van der Waals surface area (Å²) in [4.78, 5) is 9.92. The lowest BCUT2D eigenvalue weighted by Gasteiger charge is -2.16. The first-order valence-electron chi connectivity index (χ1n) is 9.96. The van der Waals surface area contributed by atoms with Crippen LogP contribution in [0.4, 0.5) is 0 Å². The Morgan fingerprint density at radius 1 is 1.11 bits per heavy atom. The number of rotatable bonds is 7. The molecule has 0 aliphatic carbocycles. The lowest BCUT2D eigenvalue weighted by atomic mass is 10.0. The fourth-order valence-electron chi connectivity index (χ4n) is 3.67. The SMILES string of the molecule is CCc1nc(C(C)C)ccc1-c1nc2c(C)cn(C(C)COC)c2cc1OC. The van der Waals surface area contributed by atoms with Gasteiger partial charge in [0.25, 0.3) is 0 Å². The zero-order chi connectivity index (χ0) is 20.4. The van der Waals surface area contributed by atoms with Gasteiger partial charge in [-0.05, 0) is 43.9 Å². The van der Waals surface area contributed by atoms with Crippen molar-refractivity contribution in [1.29, 1.82) is 0 Å². The van der Waals surface area contributed by atoms with Gasteiger partial charge in [0.1, 0.15) is 11.4 Å². The largest absolute Gasteiger partial charge is 0.494 e. The van der Waals surface area contributed by atoms with Crippen molar-refractivity contribution in [3.63, 3.8) is 0 Å². The van der Waals surface area contributed by atoms with E-state index in [0.29, 0.717) is 12.5 Å². The highest BCUT2D eigenvalue weighted by Gasteiger charge is 2.19. The van der Waals surface area contributed by atoms with Gasteiger partial charge in [0.2, 0.25) is 0 Å². The Kier molecular flexibility index (Phi) is 6.04. The molecule has 0 spiro atoms. The van der Waals surface area contributed by atoms with E-state index in [2.05, 4.69) is 63.6 Å². The van der Waals surface area contributed by atoms with E-state index in [1.165, 1.54) is 0 Å². The summed E-state index contributed by atoms with van der Waals surface area (Å²) in [6.45, 7) is 11.4. The highest BCUT2D eigenvalue weighted by molar-refractivity contribution is 5.86. The number of fused-ring (bicyclic) bond motifs is 1. The first kappa shape index (κ1) is 20.3. The van der Waals surface area contributed by atoms with Crippen LogP contribution in [0.1, 0.15) is 56.6 Å². The molecular formula is C23H31N3O2. The molecule has 1 unspecified atom stereocenters. The molecule has 5 heteroatoms. The third-order valence-corrected chi connectivity index (χ3v) is 5.23. The van der Waals surface area contributed by atoms with Gasteiger partial charge in [-0.1, -0.05) is 20.8 Å². The molecule has 28 heavy (non-hydrogen) atoms. The van der Waals surface area contributed by atoms with Gasteiger partial charge in [-0.15, -0.1) is 0 Å². The van der Waals surface area contributed by atoms with Crippen molar-refractivity contribution >= 4 is 11.0 Å². The van der Waals surface area contributed by atoms with Crippen LogP contribution in [0.5, 0.6) is 5.75 Å². The summed E-state index contributed by atoms with van der Waals surface area (Å²) in [7, 11) is 3.43. The topological polar surface area (TPSA) is 49.2 Å². The maximum Gasteiger partial charge on any atom is 0.147 e. The van der Waals surface area contributed by atoms with Crippen molar-refractivity contribution in [2.75, 3.05) is 20.8 Å². The van der Waals surface area contributed by atoms with Crippen molar-refractivity contribution in [2.24, 2.45) is 0 Å². The number of ether oxygens (including phenoxy) is 2. The summed E-state index contributed by atoms with van der Waals surface area (Å²) in [5.41, 5.74) is 7.27. The van der Waals surface area contributed by atoms with Crippen LogP contribution in [-0.2, 0) is 11.2 Å². The molecule has 3 heterocycles. The van der Waals surface area contributed by atoms with Gasteiger partial charge >= 0.3 is 0 Å². The van der Waals surface area contributed by atoms with Crippen molar-refractivity contribution < 1.29 is 9.47 Å². The Hall–Kier alpha value is -2.40. The first-order valence-corrected chi connectivity index (χ1v) is 9.96. The van der Waals surface area contributed by atoms with Gasteiger partial charge in [-0.2, -0.15) is 0 Å². The molecule has 5 nitrogen and oxygen atoms in total. The van der Waals surface area contributed by atoms with Gasteiger partial charge < -0.3 is 14.0 Å². The van der Waals surface area contributed by atoms with E-state index in [0.717, 1.165) is 51.4 Å². The molecule has 0 radical (unpaired) electrons. The first-order chi connectivity index (χ1) is 13.4. The predicted molar refractivity (Wildman–Crippen MR) is 114 cm³/mol. The number of aromatic nitrogens is 3. The predicted octanol–water partition coefficient (Wildman–Crippen LogP) is 5.31. The molecule has 150 valence electrons. The minimum Gasteiger partial charge on any atom is -0.494 e. The van der Waals surface area contributed by atoms with Crippen LogP contribution in [0, 0.1) is 6.92 Å². The third kappa shape index (κ3) is 3.63. The Morgan fingerprint density at radius 2 is 1.86 bits per heavy atom. The Morgan fingerprint density at radius 3 is 2.46 bits per heavy atom. The molecule has 1 atom stereocenters. The second-order valence-electron chi connectivity index (χ2n) is 7.67. The fourth-order valence-corrected chi connectivity index (χ4v) is 3.67. The molecule has 0 aliphatic heterocycles. The summed E-state index contributed by atoms with van der Waals surface area (Å²) in [6.07, 6.45) is 3.00. The van der Waals surface area contributed by atoms with Crippen LogP contribution in [0.25, 0.3) is 22.3 Å². The summed E-state index contributed by atoms with van der Waals surface area (Å²) in [5, 5.41) is 0. The van der Waals surface area contributed by atoms with Gasteiger partial charge in [-0.3, -0.25) is 4.98 Å². The second-order valence-corrected chi connectivity index (χ2v) is 7.67. The van der Waals surface area contributed by atoms with E-state index in [4.69, 9.17) is 19.4 Å². The molecule has 0 amide bonds. The monoisotopic (exact) mass is 381 g/mol. The number of aryl methyl sites for hydroxylation is 2. The Bertz CT molecular complexity index is 976. The number of nitrogens with zero attached hydrogens (tertiary/aromatic N) is 3. The molecular weight excluding hydrogens is 350 g/mol. The quantitative estimate of drug-likeness (QED) is 0.556. The Labute approximate surface area is 167 Å². The number of methoxy groups -OCH3 is 2. The van der Waals surface area contributed by atoms with Crippen molar-refractivity contribution in [3.05, 3.63) is 41.3 Å². The lowest BCUT2D eigenvalue weighted by Crippen LogP contribution is -2.10. The molecule has 0 aliphatic rings. The molecule has 0 fully saturated rings.